The molecule has 0 spiro atoms. The maximum atomic E-state index is 12.3. The monoisotopic (exact) mass is 370 g/mol. The molecule has 26 heavy (non-hydrogen) atoms. The Hall–Kier alpha value is -2.27. The first-order chi connectivity index (χ1) is 12.5. The van der Waals surface area contributed by atoms with E-state index in [4.69, 9.17) is 0 Å². The lowest BCUT2D eigenvalue weighted by molar-refractivity contribution is -0.114. The standard InChI is InChI=1S/C21H26N2O2S/c1-4-16-9-7-10-17(5-2)21(16)23-20(25)14-26-13-19(24)22-18-11-6-8-15(3)12-18/h6-12H,4-5,13-14H2,1-3H3,(H,22,24)(H,23,25). The zero-order valence-corrected chi connectivity index (χ0v) is 16.4. The second kappa shape index (κ2) is 10.0. The lowest BCUT2D eigenvalue weighted by Crippen LogP contribution is -2.19. The van der Waals surface area contributed by atoms with Crippen LogP contribution in [-0.2, 0) is 22.4 Å². The normalized spacial score (nSPS) is 10.4. The lowest BCUT2D eigenvalue weighted by Gasteiger charge is -2.14. The number of aryl methyl sites for hydroxylation is 3. The molecule has 0 heterocycles. The molecule has 2 rings (SSSR count). The van der Waals surface area contributed by atoms with Gasteiger partial charge in [-0.25, -0.2) is 0 Å². The summed E-state index contributed by atoms with van der Waals surface area (Å²) in [5.74, 6) is 0.324. The number of amides is 2. The van der Waals surface area contributed by atoms with Gasteiger partial charge >= 0.3 is 0 Å². The Morgan fingerprint density at radius 1 is 0.885 bits per heavy atom. The molecule has 2 aromatic rings. The largest absolute Gasteiger partial charge is 0.325 e. The number of para-hydroxylation sites is 1. The summed E-state index contributed by atoms with van der Waals surface area (Å²) in [5.41, 5.74) is 5.08. The average Bonchev–Trinajstić information content (AvgIpc) is 2.61. The minimum atomic E-state index is -0.100. The van der Waals surface area contributed by atoms with Crippen molar-refractivity contribution in [1.82, 2.24) is 0 Å². The molecule has 0 aliphatic heterocycles. The summed E-state index contributed by atoms with van der Waals surface area (Å²) in [6, 6.07) is 13.8. The molecule has 0 aliphatic rings. The van der Waals surface area contributed by atoms with Crippen LogP contribution in [0.2, 0.25) is 0 Å². The van der Waals surface area contributed by atoms with E-state index in [1.165, 1.54) is 11.8 Å². The second-order valence-corrected chi connectivity index (χ2v) is 7.10. The SMILES string of the molecule is CCc1cccc(CC)c1NC(=O)CSCC(=O)Nc1cccc(C)c1. The van der Waals surface area contributed by atoms with E-state index < -0.39 is 0 Å². The summed E-state index contributed by atoms with van der Waals surface area (Å²) >= 11 is 1.31. The van der Waals surface area contributed by atoms with Gasteiger partial charge in [0.15, 0.2) is 0 Å². The summed E-state index contributed by atoms with van der Waals surface area (Å²) in [6.07, 6.45) is 1.74. The Kier molecular flexibility index (Phi) is 7.73. The van der Waals surface area contributed by atoms with Crippen molar-refractivity contribution in [2.24, 2.45) is 0 Å². The summed E-state index contributed by atoms with van der Waals surface area (Å²) < 4.78 is 0. The Labute approximate surface area is 159 Å². The van der Waals surface area contributed by atoms with Gasteiger partial charge in [-0.2, -0.15) is 0 Å². The van der Waals surface area contributed by atoms with Crippen LogP contribution in [0, 0.1) is 6.92 Å². The minimum Gasteiger partial charge on any atom is -0.325 e. The van der Waals surface area contributed by atoms with E-state index >= 15 is 0 Å². The van der Waals surface area contributed by atoms with Gasteiger partial charge in [-0.3, -0.25) is 9.59 Å². The van der Waals surface area contributed by atoms with E-state index in [0.29, 0.717) is 0 Å². The summed E-state index contributed by atoms with van der Waals surface area (Å²) in [6.45, 7) is 6.14. The molecule has 5 heteroatoms. The highest BCUT2D eigenvalue weighted by Crippen LogP contribution is 2.22. The van der Waals surface area contributed by atoms with Crippen LogP contribution in [0.3, 0.4) is 0 Å². The number of hydrogen-bond acceptors (Lipinski definition) is 3. The molecule has 0 aromatic heterocycles. The van der Waals surface area contributed by atoms with Crippen molar-refractivity contribution in [2.75, 3.05) is 22.1 Å². The van der Waals surface area contributed by atoms with E-state index in [9.17, 15) is 9.59 Å². The third-order valence-electron chi connectivity index (χ3n) is 4.03. The van der Waals surface area contributed by atoms with Crippen molar-refractivity contribution in [3.8, 4) is 0 Å². The van der Waals surface area contributed by atoms with Gasteiger partial charge in [0.2, 0.25) is 11.8 Å². The molecule has 0 saturated carbocycles. The number of carbonyl (C=O) groups is 2. The van der Waals surface area contributed by atoms with Gasteiger partial charge in [0.05, 0.1) is 11.5 Å². The Balaban J connectivity index is 1.83. The highest BCUT2D eigenvalue weighted by Gasteiger charge is 2.11. The van der Waals surface area contributed by atoms with E-state index in [1.807, 2.05) is 49.4 Å². The summed E-state index contributed by atoms with van der Waals surface area (Å²) in [7, 11) is 0. The fourth-order valence-corrected chi connectivity index (χ4v) is 3.35. The molecule has 138 valence electrons. The lowest BCUT2D eigenvalue weighted by atomic mass is 10.0. The molecule has 0 radical (unpaired) electrons. The number of hydrogen-bond donors (Lipinski definition) is 2. The van der Waals surface area contributed by atoms with Crippen LogP contribution in [0.25, 0.3) is 0 Å². The Bertz CT molecular complexity index is 752. The molecule has 4 nitrogen and oxygen atoms in total. The van der Waals surface area contributed by atoms with Gasteiger partial charge in [0.1, 0.15) is 0 Å². The smallest absolute Gasteiger partial charge is 0.234 e. The topological polar surface area (TPSA) is 58.2 Å². The van der Waals surface area contributed by atoms with E-state index in [2.05, 4.69) is 24.5 Å². The fourth-order valence-electron chi connectivity index (χ4n) is 2.73. The number of thioether (sulfide) groups is 1. The zero-order chi connectivity index (χ0) is 18.9. The molecule has 0 saturated heterocycles. The van der Waals surface area contributed by atoms with E-state index in [0.717, 1.165) is 40.9 Å². The molecule has 0 atom stereocenters. The van der Waals surface area contributed by atoms with Gasteiger partial charge in [-0.15, -0.1) is 11.8 Å². The van der Waals surface area contributed by atoms with Crippen molar-refractivity contribution < 1.29 is 9.59 Å². The highest BCUT2D eigenvalue weighted by molar-refractivity contribution is 8.00. The third kappa shape index (κ3) is 5.92. The first-order valence-electron chi connectivity index (χ1n) is 8.88. The third-order valence-corrected chi connectivity index (χ3v) is 4.96. The molecule has 0 unspecified atom stereocenters. The Morgan fingerprint density at radius 2 is 1.46 bits per heavy atom. The van der Waals surface area contributed by atoms with Gasteiger partial charge < -0.3 is 10.6 Å². The van der Waals surface area contributed by atoms with Crippen molar-refractivity contribution in [2.45, 2.75) is 33.6 Å². The van der Waals surface area contributed by atoms with Crippen molar-refractivity contribution >= 4 is 35.0 Å². The van der Waals surface area contributed by atoms with E-state index in [1.54, 1.807) is 0 Å². The molecule has 2 aromatic carbocycles. The predicted octanol–water partition coefficient (Wildman–Crippen LogP) is 4.43. The number of rotatable bonds is 8. The minimum absolute atomic E-state index is 0.0750. The predicted molar refractivity (Wildman–Crippen MR) is 111 cm³/mol. The van der Waals surface area contributed by atoms with Gasteiger partial charge in [0, 0.05) is 11.4 Å². The summed E-state index contributed by atoms with van der Waals surface area (Å²) in [5, 5.41) is 5.87. The molecule has 0 bridgehead atoms. The first kappa shape index (κ1) is 20.0. The first-order valence-corrected chi connectivity index (χ1v) is 10.0. The molecular weight excluding hydrogens is 344 g/mol. The fraction of sp³-hybridized carbons (Fsp3) is 0.333. The van der Waals surface area contributed by atoms with Crippen LogP contribution in [0.1, 0.15) is 30.5 Å². The van der Waals surface area contributed by atoms with E-state index in [-0.39, 0.29) is 23.3 Å². The molecule has 0 aliphatic carbocycles. The molecule has 2 N–H and O–H groups in total. The van der Waals surface area contributed by atoms with Crippen LogP contribution in [0.4, 0.5) is 11.4 Å². The summed E-state index contributed by atoms with van der Waals surface area (Å²) in [4.78, 5) is 24.3. The second-order valence-electron chi connectivity index (χ2n) is 6.12. The van der Waals surface area contributed by atoms with Crippen LogP contribution < -0.4 is 10.6 Å². The molecule has 0 fully saturated rings. The molecule has 2 amide bonds. The number of anilines is 2. The average molecular weight is 371 g/mol. The Morgan fingerprint density at radius 3 is 2.04 bits per heavy atom. The van der Waals surface area contributed by atoms with Crippen molar-refractivity contribution in [3.05, 3.63) is 59.2 Å². The van der Waals surface area contributed by atoms with Crippen LogP contribution in [-0.4, -0.2) is 23.3 Å². The van der Waals surface area contributed by atoms with Crippen LogP contribution in [0.15, 0.2) is 42.5 Å². The maximum Gasteiger partial charge on any atom is 0.234 e. The maximum absolute atomic E-state index is 12.3. The highest BCUT2D eigenvalue weighted by atomic mass is 32.2. The van der Waals surface area contributed by atoms with Gasteiger partial charge in [0.25, 0.3) is 0 Å². The molecular formula is C21H26N2O2S. The van der Waals surface area contributed by atoms with Crippen molar-refractivity contribution in [3.63, 3.8) is 0 Å². The number of nitrogens with one attached hydrogen (secondary N) is 2. The number of carbonyl (C=O) groups excluding carboxylic acids is 2. The quantitative estimate of drug-likeness (QED) is 0.723. The van der Waals surface area contributed by atoms with Crippen LogP contribution in [0.5, 0.6) is 0 Å². The van der Waals surface area contributed by atoms with Gasteiger partial charge in [-0.05, 0) is 48.6 Å². The van der Waals surface area contributed by atoms with Crippen LogP contribution >= 0.6 is 11.8 Å². The zero-order valence-electron chi connectivity index (χ0n) is 15.6. The van der Waals surface area contributed by atoms with Gasteiger partial charge in [-0.1, -0.05) is 44.2 Å². The number of benzene rings is 2. The van der Waals surface area contributed by atoms with Crippen molar-refractivity contribution in [1.29, 1.82) is 0 Å².